The maximum atomic E-state index is 11.8. The number of nitrogens with one attached hydrogen (secondary N) is 1. The fourth-order valence-electron chi connectivity index (χ4n) is 1.66. The molecule has 1 aliphatic heterocycles. The molecule has 1 aromatic heterocycles. The van der Waals surface area contributed by atoms with Gasteiger partial charge in [0.1, 0.15) is 0 Å². The Hall–Kier alpha value is -1.18. The Bertz CT molecular complexity index is 366. The Morgan fingerprint density at radius 3 is 3.22 bits per heavy atom. The summed E-state index contributed by atoms with van der Waals surface area (Å²) in [6.07, 6.45) is -0.0335. The van der Waals surface area contributed by atoms with Gasteiger partial charge in [-0.25, -0.2) is 9.78 Å². The van der Waals surface area contributed by atoms with Gasteiger partial charge < -0.3 is 19.7 Å². The van der Waals surface area contributed by atoms with Crippen LogP contribution in [0.2, 0.25) is 0 Å². The Labute approximate surface area is 110 Å². The van der Waals surface area contributed by atoms with Crippen molar-refractivity contribution < 1.29 is 14.3 Å². The molecule has 2 heterocycles. The lowest BCUT2D eigenvalue weighted by Gasteiger charge is -2.27. The van der Waals surface area contributed by atoms with Crippen LogP contribution in [0.25, 0.3) is 0 Å². The highest BCUT2D eigenvalue weighted by Gasteiger charge is 2.19. The molecule has 0 saturated carbocycles. The molecule has 0 aliphatic carbocycles. The first kappa shape index (κ1) is 13.3. The lowest BCUT2D eigenvalue weighted by atomic mass is 10.3. The van der Waals surface area contributed by atoms with Crippen molar-refractivity contribution in [3.63, 3.8) is 0 Å². The van der Waals surface area contributed by atoms with Gasteiger partial charge in [-0.1, -0.05) is 0 Å². The predicted molar refractivity (Wildman–Crippen MR) is 67.5 cm³/mol. The van der Waals surface area contributed by atoms with Crippen LogP contribution in [0.3, 0.4) is 0 Å². The molecule has 7 heteroatoms. The summed E-state index contributed by atoms with van der Waals surface area (Å²) in [4.78, 5) is 17.5. The minimum absolute atomic E-state index is 0.0335. The van der Waals surface area contributed by atoms with Gasteiger partial charge in [0.2, 0.25) is 0 Å². The lowest BCUT2D eigenvalue weighted by molar-refractivity contribution is -0.0928. The van der Waals surface area contributed by atoms with Gasteiger partial charge in [0, 0.05) is 12.4 Å². The molecule has 1 N–H and O–H groups in total. The van der Waals surface area contributed by atoms with Crippen molar-refractivity contribution in [2.75, 3.05) is 33.4 Å². The highest BCUT2D eigenvalue weighted by molar-refractivity contribution is 7.07. The molecule has 18 heavy (non-hydrogen) atoms. The summed E-state index contributed by atoms with van der Waals surface area (Å²) in [6.45, 7) is 2.76. The smallest absolute Gasteiger partial charge is 0.317 e. The molecule has 0 bridgehead atoms. The average Bonchev–Trinajstić information content (AvgIpc) is 2.90. The number of hydrogen-bond donors (Lipinski definition) is 1. The summed E-state index contributed by atoms with van der Waals surface area (Å²) in [6, 6.07) is -0.128. The fourth-order valence-corrected chi connectivity index (χ4v) is 2.21. The van der Waals surface area contributed by atoms with E-state index in [4.69, 9.17) is 9.47 Å². The first-order valence-corrected chi connectivity index (χ1v) is 6.75. The molecule has 2 amide bonds. The highest BCUT2D eigenvalue weighted by Crippen LogP contribution is 2.03. The molecule has 2 rings (SSSR count). The molecular weight excluding hydrogens is 254 g/mol. The van der Waals surface area contributed by atoms with Crippen LogP contribution in [0.4, 0.5) is 4.79 Å². The van der Waals surface area contributed by atoms with Crippen molar-refractivity contribution in [2.45, 2.75) is 12.6 Å². The van der Waals surface area contributed by atoms with Crippen LogP contribution in [0.1, 0.15) is 5.69 Å². The van der Waals surface area contributed by atoms with Gasteiger partial charge in [0.05, 0.1) is 50.2 Å². The summed E-state index contributed by atoms with van der Waals surface area (Å²) >= 11 is 1.52. The van der Waals surface area contributed by atoms with Gasteiger partial charge in [0.15, 0.2) is 0 Å². The molecule has 1 atom stereocenters. The first-order valence-electron chi connectivity index (χ1n) is 5.81. The molecule has 0 spiro atoms. The molecule has 0 aromatic carbocycles. The number of amides is 2. The molecule has 1 fully saturated rings. The van der Waals surface area contributed by atoms with Gasteiger partial charge in [-0.05, 0) is 0 Å². The van der Waals surface area contributed by atoms with Crippen molar-refractivity contribution in [3.8, 4) is 0 Å². The van der Waals surface area contributed by atoms with Gasteiger partial charge >= 0.3 is 6.03 Å². The van der Waals surface area contributed by atoms with E-state index in [2.05, 4.69) is 10.3 Å². The summed E-state index contributed by atoms with van der Waals surface area (Å²) in [7, 11) is 1.74. The number of rotatable bonds is 4. The van der Waals surface area contributed by atoms with Gasteiger partial charge in [-0.15, -0.1) is 11.3 Å². The molecule has 1 saturated heterocycles. The molecule has 100 valence electrons. The Balaban J connectivity index is 1.70. The zero-order valence-corrected chi connectivity index (χ0v) is 11.1. The van der Waals surface area contributed by atoms with Crippen LogP contribution < -0.4 is 5.32 Å². The van der Waals surface area contributed by atoms with E-state index in [1.54, 1.807) is 17.5 Å². The molecule has 0 unspecified atom stereocenters. The Morgan fingerprint density at radius 2 is 2.56 bits per heavy atom. The number of hydrogen-bond acceptors (Lipinski definition) is 5. The molecular formula is C11H17N3O3S. The van der Waals surface area contributed by atoms with Crippen LogP contribution in [0.5, 0.6) is 0 Å². The number of aromatic nitrogens is 1. The number of likely N-dealkylation sites (N-methyl/N-ethyl adjacent to an activating group) is 1. The zero-order chi connectivity index (χ0) is 12.8. The standard InChI is InChI=1S/C11H17N3O3S/c1-14(5-10-6-16-2-3-17-10)11(15)12-4-9-7-18-8-13-9/h7-8,10H,2-6H2,1H3,(H,12,15)/t10-/m1/s1. The quantitative estimate of drug-likeness (QED) is 0.875. The molecule has 6 nitrogen and oxygen atoms in total. The Morgan fingerprint density at radius 1 is 1.67 bits per heavy atom. The van der Waals surface area contributed by atoms with Crippen LogP contribution in [-0.4, -0.2) is 55.4 Å². The number of carbonyl (C=O) groups excluding carboxylic acids is 1. The van der Waals surface area contributed by atoms with E-state index in [-0.39, 0.29) is 12.1 Å². The van der Waals surface area contributed by atoms with Crippen molar-refractivity contribution in [1.29, 1.82) is 0 Å². The maximum Gasteiger partial charge on any atom is 0.317 e. The summed E-state index contributed by atoms with van der Waals surface area (Å²) in [5.74, 6) is 0. The largest absolute Gasteiger partial charge is 0.376 e. The van der Waals surface area contributed by atoms with E-state index < -0.39 is 0 Å². The predicted octanol–water partition coefficient (Wildman–Crippen LogP) is 0.700. The summed E-state index contributed by atoms with van der Waals surface area (Å²) in [5.41, 5.74) is 2.62. The summed E-state index contributed by atoms with van der Waals surface area (Å²) < 4.78 is 10.8. The van der Waals surface area contributed by atoms with Gasteiger partial charge in [-0.2, -0.15) is 0 Å². The number of thiazole rings is 1. The van der Waals surface area contributed by atoms with Crippen molar-refractivity contribution in [3.05, 3.63) is 16.6 Å². The minimum atomic E-state index is -0.128. The third kappa shape index (κ3) is 3.94. The minimum Gasteiger partial charge on any atom is -0.376 e. The third-order valence-corrected chi connectivity index (χ3v) is 3.25. The topological polar surface area (TPSA) is 63.7 Å². The molecule has 1 aliphatic rings. The lowest BCUT2D eigenvalue weighted by Crippen LogP contribution is -2.44. The van der Waals surface area contributed by atoms with Crippen LogP contribution in [0, 0.1) is 0 Å². The maximum absolute atomic E-state index is 11.8. The van der Waals surface area contributed by atoms with Crippen LogP contribution in [-0.2, 0) is 16.0 Å². The van der Waals surface area contributed by atoms with Crippen LogP contribution >= 0.6 is 11.3 Å². The Kier molecular flexibility index (Phi) is 4.91. The van der Waals surface area contributed by atoms with E-state index in [1.807, 2.05) is 5.38 Å². The van der Waals surface area contributed by atoms with E-state index in [9.17, 15) is 4.79 Å². The third-order valence-electron chi connectivity index (χ3n) is 2.61. The highest BCUT2D eigenvalue weighted by atomic mass is 32.1. The van der Waals surface area contributed by atoms with E-state index in [0.717, 1.165) is 5.69 Å². The van der Waals surface area contributed by atoms with Crippen molar-refractivity contribution >= 4 is 17.4 Å². The number of nitrogens with zero attached hydrogens (tertiary/aromatic N) is 2. The number of ether oxygens (including phenoxy) is 2. The average molecular weight is 271 g/mol. The van der Waals surface area contributed by atoms with E-state index in [1.165, 1.54) is 11.3 Å². The normalized spacial score (nSPS) is 19.5. The number of urea groups is 1. The van der Waals surface area contributed by atoms with Crippen LogP contribution in [0.15, 0.2) is 10.9 Å². The summed E-state index contributed by atoms with van der Waals surface area (Å²) in [5, 5.41) is 4.72. The SMILES string of the molecule is CN(C[C@@H]1COCCO1)C(=O)NCc1cscn1. The van der Waals surface area contributed by atoms with Gasteiger partial charge in [-0.3, -0.25) is 0 Å². The zero-order valence-electron chi connectivity index (χ0n) is 10.3. The number of carbonyl (C=O) groups is 1. The second kappa shape index (κ2) is 6.67. The first-order chi connectivity index (χ1) is 8.75. The van der Waals surface area contributed by atoms with E-state index in [0.29, 0.717) is 32.9 Å². The van der Waals surface area contributed by atoms with Gasteiger partial charge in [0.25, 0.3) is 0 Å². The monoisotopic (exact) mass is 271 g/mol. The second-order valence-corrected chi connectivity index (χ2v) is 4.81. The van der Waals surface area contributed by atoms with Crippen molar-refractivity contribution in [1.82, 2.24) is 15.2 Å². The molecule has 1 aromatic rings. The molecule has 0 radical (unpaired) electrons. The van der Waals surface area contributed by atoms with E-state index >= 15 is 0 Å². The second-order valence-electron chi connectivity index (χ2n) is 4.09. The van der Waals surface area contributed by atoms with Crippen molar-refractivity contribution in [2.24, 2.45) is 0 Å². The fraction of sp³-hybridized carbons (Fsp3) is 0.636.